The normalized spacial score (nSPS) is 9.79. The van der Waals surface area contributed by atoms with Crippen LogP contribution in [0.3, 0.4) is 0 Å². The van der Waals surface area contributed by atoms with Crippen molar-refractivity contribution in [2.45, 2.75) is 26.7 Å². The molecule has 1 aromatic carbocycles. The molecule has 0 unspecified atom stereocenters. The number of benzene rings is 1. The first-order valence-electron chi connectivity index (χ1n) is 6.25. The third-order valence-electron chi connectivity index (χ3n) is 2.21. The van der Waals surface area contributed by atoms with Gasteiger partial charge in [0.05, 0.1) is 6.61 Å². The fourth-order valence-electron chi connectivity index (χ4n) is 1.44. The van der Waals surface area contributed by atoms with Gasteiger partial charge in [0.1, 0.15) is 12.4 Å². The van der Waals surface area contributed by atoms with Crippen molar-refractivity contribution in [3.05, 3.63) is 18.2 Å². The van der Waals surface area contributed by atoms with E-state index in [1.165, 1.54) is 0 Å². The number of ether oxygens (including phenoxy) is 3. The Morgan fingerprint density at radius 2 is 2.00 bits per heavy atom. The minimum Gasteiger partial charge on any atom is -0.494 e. The maximum Gasteiger partial charge on any atom is 0.311 e. The van der Waals surface area contributed by atoms with Crippen molar-refractivity contribution < 1.29 is 23.8 Å². The minimum absolute atomic E-state index is 0.103. The van der Waals surface area contributed by atoms with Gasteiger partial charge in [0.2, 0.25) is 0 Å². The Morgan fingerprint density at radius 1 is 1.21 bits per heavy atom. The minimum atomic E-state index is -0.331. The fourth-order valence-corrected chi connectivity index (χ4v) is 1.44. The predicted octanol–water partition coefficient (Wildman–Crippen LogP) is 2.37. The number of esters is 1. The van der Waals surface area contributed by atoms with Crippen LogP contribution in [0.25, 0.3) is 0 Å². The Bertz CT molecular complexity index is 428. The van der Waals surface area contributed by atoms with Gasteiger partial charge in [-0.05, 0) is 25.5 Å². The van der Waals surface area contributed by atoms with Gasteiger partial charge in [0, 0.05) is 12.5 Å². The van der Waals surface area contributed by atoms with Crippen molar-refractivity contribution in [1.29, 1.82) is 0 Å². The lowest BCUT2D eigenvalue weighted by Gasteiger charge is -2.12. The van der Waals surface area contributed by atoms with Crippen molar-refractivity contribution in [3.8, 4) is 17.2 Å². The average molecular weight is 266 g/mol. The third-order valence-corrected chi connectivity index (χ3v) is 2.21. The molecule has 0 bridgehead atoms. The van der Waals surface area contributed by atoms with E-state index in [1.807, 2.05) is 13.8 Å². The zero-order valence-electron chi connectivity index (χ0n) is 11.2. The first-order valence-corrected chi connectivity index (χ1v) is 6.25. The van der Waals surface area contributed by atoms with Gasteiger partial charge in [-0.25, -0.2) is 0 Å². The zero-order valence-corrected chi connectivity index (χ0v) is 11.2. The molecule has 0 aromatic heterocycles. The summed E-state index contributed by atoms with van der Waals surface area (Å²) in [6.45, 7) is 4.17. The summed E-state index contributed by atoms with van der Waals surface area (Å²) in [5.41, 5.74) is 0. The molecule has 5 nitrogen and oxygen atoms in total. The van der Waals surface area contributed by atoms with Crippen LogP contribution in [0.15, 0.2) is 18.2 Å². The van der Waals surface area contributed by atoms with Crippen molar-refractivity contribution in [2.75, 3.05) is 13.2 Å². The van der Waals surface area contributed by atoms with Crippen LogP contribution in [0.1, 0.15) is 26.7 Å². The van der Waals surface area contributed by atoms with E-state index in [9.17, 15) is 9.59 Å². The summed E-state index contributed by atoms with van der Waals surface area (Å²) in [4.78, 5) is 21.8. The predicted molar refractivity (Wildman–Crippen MR) is 69.7 cm³/mol. The molecule has 0 atom stereocenters. The van der Waals surface area contributed by atoms with Crippen LogP contribution >= 0.6 is 0 Å². The maximum atomic E-state index is 11.5. The van der Waals surface area contributed by atoms with E-state index in [1.54, 1.807) is 18.2 Å². The Hall–Kier alpha value is -2.04. The van der Waals surface area contributed by atoms with Gasteiger partial charge < -0.3 is 14.2 Å². The standard InChI is InChI=1S/C14H18O5/c1-3-5-14(16)19-12-7-6-11(17-4-2)10-13(12)18-9-8-15/h6-8,10H,3-5,9H2,1-2H3. The van der Waals surface area contributed by atoms with E-state index >= 15 is 0 Å². The second-order valence-electron chi connectivity index (χ2n) is 3.74. The molecule has 5 heteroatoms. The highest BCUT2D eigenvalue weighted by Gasteiger charge is 2.11. The monoisotopic (exact) mass is 266 g/mol. The molecule has 0 saturated heterocycles. The molecule has 104 valence electrons. The molecular weight excluding hydrogens is 248 g/mol. The summed E-state index contributed by atoms with van der Waals surface area (Å²) >= 11 is 0. The Balaban J connectivity index is 2.87. The van der Waals surface area contributed by atoms with E-state index < -0.39 is 0 Å². The Morgan fingerprint density at radius 3 is 2.63 bits per heavy atom. The fraction of sp³-hybridized carbons (Fsp3) is 0.429. The summed E-state index contributed by atoms with van der Waals surface area (Å²) in [6, 6.07) is 4.88. The first-order chi connectivity index (χ1) is 9.21. The molecule has 0 amide bonds. The van der Waals surface area contributed by atoms with Gasteiger partial charge in [-0.15, -0.1) is 0 Å². The second-order valence-corrected chi connectivity index (χ2v) is 3.74. The second kappa shape index (κ2) is 8.13. The number of hydrogen-bond donors (Lipinski definition) is 0. The third kappa shape index (κ3) is 4.99. The van der Waals surface area contributed by atoms with Crippen molar-refractivity contribution in [3.63, 3.8) is 0 Å². The highest BCUT2D eigenvalue weighted by molar-refractivity contribution is 5.73. The molecule has 1 aromatic rings. The molecule has 0 aliphatic rings. The largest absolute Gasteiger partial charge is 0.494 e. The number of aldehydes is 1. The molecule has 0 aliphatic carbocycles. The van der Waals surface area contributed by atoms with Crippen molar-refractivity contribution in [2.24, 2.45) is 0 Å². The number of carbonyl (C=O) groups is 2. The molecule has 0 heterocycles. The number of hydrogen-bond acceptors (Lipinski definition) is 5. The summed E-state index contributed by atoms with van der Waals surface area (Å²) in [7, 11) is 0. The van der Waals surface area contributed by atoms with Gasteiger partial charge >= 0.3 is 5.97 Å². The van der Waals surface area contributed by atoms with Gasteiger partial charge in [-0.3, -0.25) is 9.59 Å². The maximum absolute atomic E-state index is 11.5. The van der Waals surface area contributed by atoms with Crippen LogP contribution in [0, 0.1) is 0 Å². The summed E-state index contributed by atoms with van der Waals surface area (Å²) in [5, 5.41) is 0. The number of carbonyl (C=O) groups excluding carboxylic acids is 2. The van der Waals surface area contributed by atoms with Gasteiger partial charge in [-0.1, -0.05) is 6.92 Å². The first kappa shape index (κ1) is 15.0. The summed E-state index contributed by atoms with van der Waals surface area (Å²) in [6.07, 6.45) is 1.67. The molecule has 0 N–H and O–H groups in total. The SMILES string of the molecule is CCCC(=O)Oc1ccc(OCC)cc1OCC=O. The van der Waals surface area contributed by atoms with Crippen LogP contribution in [0.4, 0.5) is 0 Å². The van der Waals surface area contributed by atoms with E-state index in [0.29, 0.717) is 43.0 Å². The highest BCUT2D eigenvalue weighted by Crippen LogP contribution is 2.32. The molecule has 0 radical (unpaired) electrons. The lowest BCUT2D eigenvalue weighted by Crippen LogP contribution is -2.09. The Labute approximate surface area is 112 Å². The smallest absolute Gasteiger partial charge is 0.311 e. The van der Waals surface area contributed by atoms with Crippen LogP contribution in [-0.4, -0.2) is 25.5 Å². The summed E-state index contributed by atoms with van der Waals surface area (Å²) in [5.74, 6) is 0.882. The van der Waals surface area contributed by atoms with Crippen molar-refractivity contribution in [1.82, 2.24) is 0 Å². The van der Waals surface area contributed by atoms with Crippen molar-refractivity contribution >= 4 is 12.3 Å². The molecular formula is C14H18O5. The highest BCUT2D eigenvalue weighted by atomic mass is 16.6. The molecule has 0 fully saturated rings. The molecule has 1 rings (SSSR count). The van der Waals surface area contributed by atoms with Crippen LogP contribution in [-0.2, 0) is 9.59 Å². The van der Waals surface area contributed by atoms with E-state index in [2.05, 4.69) is 0 Å². The number of rotatable bonds is 8. The van der Waals surface area contributed by atoms with Gasteiger partial charge in [0.15, 0.2) is 17.8 Å². The van der Waals surface area contributed by atoms with E-state index in [0.717, 1.165) is 0 Å². The Kier molecular flexibility index (Phi) is 6.43. The average Bonchev–Trinajstić information content (AvgIpc) is 2.39. The topological polar surface area (TPSA) is 61.8 Å². The van der Waals surface area contributed by atoms with Crippen LogP contribution < -0.4 is 14.2 Å². The van der Waals surface area contributed by atoms with Crippen LogP contribution in [0.2, 0.25) is 0 Å². The quantitative estimate of drug-likeness (QED) is 0.410. The summed E-state index contributed by atoms with van der Waals surface area (Å²) < 4.78 is 15.7. The van der Waals surface area contributed by atoms with Crippen LogP contribution in [0.5, 0.6) is 17.2 Å². The lowest BCUT2D eigenvalue weighted by atomic mass is 10.3. The molecule has 0 spiro atoms. The van der Waals surface area contributed by atoms with E-state index in [-0.39, 0.29) is 12.6 Å². The molecule has 0 aliphatic heterocycles. The van der Waals surface area contributed by atoms with E-state index in [4.69, 9.17) is 14.2 Å². The molecule has 19 heavy (non-hydrogen) atoms. The zero-order chi connectivity index (χ0) is 14.1. The van der Waals surface area contributed by atoms with Gasteiger partial charge in [-0.2, -0.15) is 0 Å². The lowest BCUT2D eigenvalue weighted by molar-refractivity contribution is -0.134. The van der Waals surface area contributed by atoms with Gasteiger partial charge in [0.25, 0.3) is 0 Å². The molecule has 0 saturated carbocycles.